The van der Waals surface area contributed by atoms with E-state index in [0.29, 0.717) is 0 Å². The number of unbranched alkanes of at least 4 members (excludes halogenated alkanes) is 2. The van der Waals surface area contributed by atoms with E-state index in [-0.39, 0.29) is 0 Å². The van der Waals surface area contributed by atoms with Gasteiger partial charge in [0.15, 0.2) is 0 Å². The van der Waals surface area contributed by atoms with E-state index in [2.05, 4.69) is 18.3 Å². The minimum absolute atomic E-state index is 0.557. The first kappa shape index (κ1) is 15.1. The molecule has 0 heterocycles. The molecule has 1 atom stereocenters. The van der Waals surface area contributed by atoms with Gasteiger partial charge in [-0.25, -0.2) is 0 Å². The maximum Gasteiger partial charge on any atom is 0.141 e. The van der Waals surface area contributed by atoms with E-state index in [4.69, 9.17) is 0 Å². The monoisotopic (exact) mass is 262 g/mol. The van der Waals surface area contributed by atoms with E-state index in [0.717, 1.165) is 17.1 Å². The summed E-state index contributed by atoms with van der Waals surface area (Å²) in [6.07, 6.45) is 3.76. The van der Waals surface area contributed by atoms with Gasteiger partial charge in [-0.05, 0) is 24.8 Å². The zero-order valence-corrected chi connectivity index (χ0v) is 12.1. The molecule has 1 aromatic carbocycles. The summed E-state index contributed by atoms with van der Waals surface area (Å²) in [5.41, 5.74) is 0.496. The molecule has 1 rings (SSSR count). The molecular formula is C15H22N2S. The number of nitriles is 1. The molecule has 0 spiro atoms. The summed E-state index contributed by atoms with van der Waals surface area (Å²) in [5.74, 6) is 1.93. The molecule has 0 saturated carbocycles. The lowest BCUT2D eigenvalue weighted by Gasteiger charge is -2.26. The van der Waals surface area contributed by atoms with Gasteiger partial charge in [0.25, 0.3) is 0 Å². The predicted octanol–water partition coefficient (Wildman–Crippen LogP) is 3.55. The summed E-state index contributed by atoms with van der Waals surface area (Å²) in [6.45, 7) is 2.21. The third kappa shape index (κ3) is 4.04. The second kappa shape index (κ2) is 8.18. The SMILES string of the molecule is CCCCCSCC(C#N)(NC)c1ccccc1. The van der Waals surface area contributed by atoms with Crippen LogP contribution in [0, 0.1) is 11.3 Å². The zero-order chi connectivity index (χ0) is 13.3. The van der Waals surface area contributed by atoms with Crippen molar-refractivity contribution in [3.63, 3.8) is 0 Å². The van der Waals surface area contributed by atoms with E-state index >= 15 is 0 Å². The average molecular weight is 262 g/mol. The number of nitrogens with zero attached hydrogens (tertiary/aromatic N) is 1. The molecule has 0 amide bonds. The van der Waals surface area contributed by atoms with Gasteiger partial charge in [-0.1, -0.05) is 50.1 Å². The van der Waals surface area contributed by atoms with Crippen LogP contribution in [0.25, 0.3) is 0 Å². The first-order valence-corrected chi connectivity index (χ1v) is 7.68. The van der Waals surface area contributed by atoms with Gasteiger partial charge in [0.05, 0.1) is 6.07 Å². The molecule has 0 aliphatic heterocycles. The standard InChI is InChI=1S/C15H22N2S/c1-3-4-8-11-18-13-15(12-16,17-2)14-9-6-5-7-10-14/h5-7,9-10,17H,3-4,8,11,13H2,1-2H3. The highest BCUT2D eigenvalue weighted by Crippen LogP contribution is 2.25. The topological polar surface area (TPSA) is 35.8 Å². The van der Waals surface area contributed by atoms with E-state index in [1.165, 1.54) is 19.3 Å². The Hall–Kier alpha value is -0.980. The Morgan fingerprint density at radius 1 is 1.28 bits per heavy atom. The molecule has 98 valence electrons. The van der Waals surface area contributed by atoms with Crippen molar-refractivity contribution in [2.75, 3.05) is 18.6 Å². The minimum Gasteiger partial charge on any atom is -0.298 e. The van der Waals surface area contributed by atoms with E-state index in [9.17, 15) is 5.26 Å². The Kier molecular flexibility index (Phi) is 6.85. The molecule has 2 nitrogen and oxygen atoms in total. The number of thioether (sulfide) groups is 1. The third-order valence-corrected chi connectivity index (χ3v) is 4.31. The molecule has 18 heavy (non-hydrogen) atoms. The van der Waals surface area contributed by atoms with Crippen LogP contribution in [0.2, 0.25) is 0 Å². The van der Waals surface area contributed by atoms with Crippen LogP contribution in [0.4, 0.5) is 0 Å². The van der Waals surface area contributed by atoms with Gasteiger partial charge < -0.3 is 0 Å². The molecule has 0 aliphatic rings. The molecule has 3 heteroatoms. The summed E-state index contributed by atoms with van der Waals surface area (Å²) in [4.78, 5) is 0. The number of hydrogen-bond acceptors (Lipinski definition) is 3. The van der Waals surface area contributed by atoms with Crippen LogP contribution in [0.15, 0.2) is 30.3 Å². The van der Waals surface area contributed by atoms with Gasteiger partial charge in [-0.15, -0.1) is 0 Å². The number of hydrogen-bond donors (Lipinski definition) is 1. The molecule has 0 saturated heterocycles. The van der Waals surface area contributed by atoms with Crippen LogP contribution >= 0.6 is 11.8 Å². The van der Waals surface area contributed by atoms with Crippen LogP contribution < -0.4 is 5.32 Å². The summed E-state index contributed by atoms with van der Waals surface area (Å²) >= 11 is 1.86. The third-order valence-electron chi connectivity index (χ3n) is 3.10. The molecule has 1 unspecified atom stereocenters. The largest absolute Gasteiger partial charge is 0.298 e. The molecular weight excluding hydrogens is 240 g/mol. The van der Waals surface area contributed by atoms with Gasteiger partial charge in [0.1, 0.15) is 5.54 Å². The number of nitrogens with one attached hydrogen (secondary N) is 1. The molecule has 1 aromatic rings. The second-order valence-electron chi connectivity index (χ2n) is 4.39. The lowest BCUT2D eigenvalue weighted by Crippen LogP contribution is -2.41. The molecule has 0 fully saturated rings. The van der Waals surface area contributed by atoms with Crippen molar-refractivity contribution < 1.29 is 0 Å². The Bertz CT molecular complexity index is 372. The van der Waals surface area contributed by atoms with Crippen LogP contribution in [0.1, 0.15) is 31.7 Å². The summed E-state index contributed by atoms with van der Waals surface area (Å²) in [5, 5.41) is 12.7. The second-order valence-corrected chi connectivity index (χ2v) is 5.50. The Labute approximate surface area is 115 Å². The molecule has 0 aromatic heterocycles. The quantitative estimate of drug-likeness (QED) is 0.728. The summed E-state index contributed by atoms with van der Waals surface area (Å²) in [7, 11) is 1.86. The first-order chi connectivity index (χ1) is 8.79. The molecule has 0 aliphatic carbocycles. The van der Waals surface area contributed by atoms with E-state index in [1.54, 1.807) is 0 Å². The summed E-state index contributed by atoms with van der Waals surface area (Å²) < 4.78 is 0. The van der Waals surface area contributed by atoms with Crippen LogP contribution in [0.3, 0.4) is 0 Å². The van der Waals surface area contributed by atoms with Crippen molar-refractivity contribution in [2.45, 2.75) is 31.7 Å². The maximum absolute atomic E-state index is 9.51. The zero-order valence-electron chi connectivity index (χ0n) is 11.3. The lowest BCUT2D eigenvalue weighted by molar-refractivity contribution is 0.528. The van der Waals surface area contributed by atoms with Crippen LogP contribution in [-0.4, -0.2) is 18.6 Å². The fourth-order valence-electron chi connectivity index (χ4n) is 1.85. The predicted molar refractivity (Wildman–Crippen MR) is 79.6 cm³/mol. The smallest absolute Gasteiger partial charge is 0.141 e. The minimum atomic E-state index is -0.557. The molecule has 0 bridgehead atoms. The van der Waals surface area contributed by atoms with Crippen molar-refractivity contribution in [3.05, 3.63) is 35.9 Å². The van der Waals surface area contributed by atoms with Crippen molar-refractivity contribution in [3.8, 4) is 6.07 Å². The fraction of sp³-hybridized carbons (Fsp3) is 0.533. The van der Waals surface area contributed by atoms with Crippen LogP contribution in [0.5, 0.6) is 0 Å². The van der Waals surface area contributed by atoms with E-state index < -0.39 is 5.54 Å². The Balaban J connectivity index is 2.62. The first-order valence-electron chi connectivity index (χ1n) is 6.52. The lowest BCUT2D eigenvalue weighted by atomic mass is 9.94. The highest BCUT2D eigenvalue weighted by atomic mass is 32.2. The van der Waals surface area contributed by atoms with Crippen molar-refractivity contribution >= 4 is 11.8 Å². The van der Waals surface area contributed by atoms with Gasteiger partial charge >= 0.3 is 0 Å². The molecule has 0 radical (unpaired) electrons. The van der Waals surface area contributed by atoms with Crippen molar-refractivity contribution in [1.29, 1.82) is 5.26 Å². The van der Waals surface area contributed by atoms with Crippen LogP contribution in [-0.2, 0) is 5.54 Å². The normalized spacial score (nSPS) is 13.8. The summed E-state index contributed by atoms with van der Waals surface area (Å²) in [6, 6.07) is 12.4. The van der Waals surface area contributed by atoms with Gasteiger partial charge in [0, 0.05) is 5.75 Å². The van der Waals surface area contributed by atoms with Gasteiger partial charge in [-0.3, -0.25) is 5.32 Å². The van der Waals surface area contributed by atoms with Gasteiger partial charge in [0.2, 0.25) is 0 Å². The van der Waals surface area contributed by atoms with Gasteiger partial charge in [-0.2, -0.15) is 17.0 Å². The highest BCUT2D eigenvalue weighted by Gasteiger charge is 2.29. The average Bonchev–Trinajstić information content (AvgIpc) is 2.44. The highest BCUT2D eigenvalue weighted by molar-refractivity contribution is 7.99. The maximum atomic E-state index is 9.51. The molecule has 1 N–H and O–H groups in total. The fourth-order valence-corrected chi connectivity index (χ4v) is 3.09. The van der Waals surface area contributed by atoms with E-state index in [1.807, 2.05) is 49.1 Å². The number of rotatable bonds is 8. The Morgan fingerprint density at radius 3 is 2.56 bits per heavy atom. The Morgan fingerprint density at radius 2 is 2.00 bits per heavy atom. The van der Waals surface area contributed by atoms with Crippen molar-refractivity contribution in [1.82, 2.24) is 5.32 Å². The number of benzene rings is 1. The van der Waals surface area contributed by atoms with Crippen molar-refractivity contribution in [2.24, 2.45) is 0 Å².